The molecule has 34 heavy (non-hydrogen) atoms. The Balaban J connectivity index is 1.61. The van der Waals surface area contributed by atoms with E-state index in [0.717, 1.165) is 68.4 Å². The Morgan fingerprint density at radius 1 is 1.15 bits per heavy atom. The van der Waals surface area contributed by atoms with Crippen LogP contribution in [0.2, 0.25) is 0 Å². The van der Waals surface area contributed by atoms with Crippen LogP contribution in [-0.4, -0.2) is 53.3 Å². The van der Waals surface area contributed by atoms with Crippen LogP contribution < -0.4 is 10.6 Å². The van der Waals surface area contributed by atoms with Crippen molar-refractivity contribution >= 4 is 17.4 Å². The fourth-order valence-electron chi connectivity index (χ4n) is 4.80. The lowest BCUT2D eigenvalue weighted by Crippen LogP contribution is -2.34. The average molecular weight is 464 g/mol. The van der Waals surface area contributed by atoms with Crippen molar-refractivity contribution in [2.45, 2.75) is 63.7 Å². The van der Waals surface area contributed by atoms with Gasteiger partial charge in [-0.25, -0.2) is 9.97 Å². The number of nitrogens with one attached hydrogen (secondary N) is 2. The van der Waals surface area contributed by atoms with Gasteiger partial charge in [-0.1, -0.05) is 36.9 Å². The summed E-state index contributed by atoms with van der Waals surface area (Å²) in [5, 5.41) is 16.8. The van der Waals surface area contributed by atoms with Crippen molar-refractivity contribution in [3.8, 4) is 0 Å². The van der Waals surface area contributed by atoms with E-state index in [1.807, 2.05) is 24.4 Å². The minimum absolute atomic E-state index is 0.0586. The standard InChI is InChI=1S/C27H37N5O2/c1-18(20-9-11-22(33)12-10-20)25-24(26(28-3)34-23-13-15-29-16-14-23)17-30-27(32-25)31-19(2)21-7-5-4-6-8-21/h4-8,17,19-20,22-23,29,33H,1,9-16H2,2-3H3,(H,30,31,32)/b28-26+/t19-,20-,22-/m1/s1. The van der Waals surface area contributed by atoms with Crippen molar-refractivity contribution in [1.29, 1.82) is 0 Å². The van der Waals surface area contributed by atoms with E-state index in [1.54, 1.807) is 7.05 Å². The third kappa shape index (κ3) is 6.02. The van der Waals surface area contributed by atoms with Crippen LogP contribution in [0.1, 0.15) is 68.3 Å². The van der Waals surface area contributed by atoms with E-state index in [1.165, 1.54) is 5.56 Å². The number of benzene rings is 1. The number of aliphatic hydroxyl groups excluding tert-OH is 1. The van der Waals surface area contributed by atoms with Crippen molar-refractivity contribution in [3.63, 3.8) is 0 Å². The molecule has 0 spiro atoms. The maximum atomic E-state index is 9.98. The molecule has 2 aliphatic rings. The Bertz CT molecular complexity index is 980. The first-order chi connectivity index (χ1) is 16.5. The molecular weight excluding hydrogens is 426 g/mol. The summed E-state index contributed by atoms with van der Waals surface area (Å²) in [7, 11) is 1.75. The second-order valence-corrected chi connectivity index (χ2v) is 9.36. The maximum Gasteiger partial charge on any atom is 0.223 e. The van der Waals surface area contributed by atoms with E-state index < -0.39 is 0 Å². The first-order valence-corrected chi connectivity index (χ1v) is 12.5. The highest BCUT2D eigenvalue weighted by Gasteiger charge is 2.27. The van der Waals surface area contributed by atoms with Gasteiger partial charge in [0.2, 0.25) is 11.8 Å². The summed E-state index contributed by atoms with van der Waals surface area (Å²) in [6.07, 6.45) is 7.02. The summed E-state index contributed by atoms with van der Waals surface area (Å²) in [5.74, 6) is 1.40. The molecule has 0 radical (unpaired) electrons. The summed E-state index contributed by atoms with van der Waals surface area (Å²) in [6, 6.07) is 10.3. The number of nitrogens with zero attached hydrogens (tertiary/aromatic N) is 3. The highest BCUT2D eigenvalue weighted by atomic mass is 16.5. The van der Waals surface area contributed by atoms with Crippen molar-refractivity contribution in [2.75, 3.05) is 25.5 Å². The molecule has 3 N–H and O–H groups in total. The molecule has 1 atom stereocenters. The van der Waals surface area contributed by atoms with Gasteiger partial charge in [0.05, 0.1) is 23.4 Å². The number of rotatable bonds is 7. The zero-order valence-corrected chi connectivity index (χ0v) is 20.3. The predicted octanol–water partition coefficient (Wildman–Crippen LogP) is 4.36. The van der Waals surface area contributed by atoms with Gasteiger partial charge in [0.15, 0.2) is 0 Å². The quantitative estimate of drug-likeness (QED) is 0.417. The molecular formula is C27H37N5O2. The van der Waals surface area contributed by atoms with Gasteiger partial charge in [0.1, 0.15) is 6.10 Å². The Morgan fingerprint density at radius 3 is 2.53 bits per heavy atom. The van der Waals surface area contributed by atoms with Crippen molar-refractivity contribution in [1.82, 2.24) is 15.3 Å². The first-order valence-electron chi connectivity index (χ1n) is 12.5. The largest absolute Gasteiger partial charge is 0.474 e. The average Bonchev–Trinajstić information content (AvgIpc) is 2.88. The lowest BCUT2D eigenvalue weighted by Gasteiger charge is -2.28. The summed E-state index contributed by atoms with van der Waals surface area (Å²) < 4.78 is 6.34. The molecule has 1 aromatic heterocycles. The molecule has 7 nitrogen and oxygen atoms in total. The second kappa shape index (κ2) is 11.6. The molecule has 2 fully saturated rings. The number of allylic oxidation sites excluding steroid dienone is 1. The van der Waals surface area contributed by atoms with Gasteiger partial charge in [-0.05, 0) is 75.6 Å². The van der Waals surface area contributed by atoms with Crippen molar-refractivity contribution in [3.05, 3.63) is 59.9 Å². The van der Waals surface area contributed by atoms with Crippen LogP contribution in [0.5, 0.6) is 0 Å². The highest BCUT2D eigenvalue weighted by molar-refractivity contribution is 5.98. The smallest absolute Gasteiger partial charge is 0.223 e. The van der Waals surface area contributed by atoms with E-state index in [-0.39, 0.29) is 24.2 Å². The van der Waals surface area contributed by atoms with Crippen molar-refractivity contribution < 1.29 is 9.84 Å². The zero-order valence-electron chi connectivity index (χ0n) is 20.3. The molecule has 2 heterocycles. The van der Waals surface area contributed by atoms with Gasteiger partial charge in [-0.3, -0.25) is 4.99 Å². The fraction of sp³-hybridized carbons (Fsp3) is 0.519. The third-order valence-electron chi connectivity index (χ3n) is 6.93. The zero-order chi connectivity index (χ0) is 23.9. The van der Waals surface area contributed by atoms with E-state index in [2.05, 4.69) is 46.2 Å². The number of aromatic nitrogens is 2. The van der Waals surface area contributed by atoms with Crippen LogP contribution in [0.25, 0.3) is 5.57 Å². The minimum Gasteiger partial charge on any atom is -0.474 e. The molecule has 1 saturated carbocycles. The van der Waals surface area contributed by atoms with Crippen molar-refractivity contribution in [2.24, 2.45) is 10.9 Å². The minimum atomic E-state index is -0.214. The van der Waals surface area contributed by atoms with Gasteiger partial charge >= 0.3 is 0 Å². The summed E-state index contributed by atoms with van der Waals surface area (Å²) in [6.45, 7) is 8.45. The van der Waals surface area contributed by atoms with E-state index >= 15 is 0 Å². The Labute approximate surface area is 202 Å². The van der Waals surface area contributed by atoms with Gasteiger partial charge in [0.25, 0.3) is 0 Å². The summed E-state index contributed by atoms with van der Waals surface area (Å²) >= 11 is 0. The third-order valence-corrected chi connectivity index (χ3v) is 6.93. The molecule has 1 saturated heterocycles. The number of ether oxygens (including phenoxy) is 1. The molecule has 0 bridgehead atoms. The van der Waals surface area contributed by atoms with Gasteiger partial charge < -0.3 is 20.5 Å². The second-order valence-electron chi connectivity index (χ2n) is 9.36. The molecule has 4 rings (SSSR count). The number of anilines is 1. The number of piperidine rings is 1. The van der Waals surface area contributed by atoms with Crippen LogP contribution in [0, 0.1) is 5.92 Å². The molecule has 0 amide bonds. The molecule has 2 aromatic rings. The van der Waals surface area contributed by atoms with Crippen LogP contribution >= 0.6 is 0 Å². The summed E-state index contributed by atoms with van der Waals surface area (Å²) in [4.78, 5) is 14.1. The lowest BCUT2D eigenvalue weighted by molar-refractivity contribution is 0.119. The summed E-state index contributed by atoms with van der Waals surface area (Å²) in [5.41, 5.74) is 3.71. The van der Waals surface area contributed by atoms with Gasteiger partial charge in [0, 0.05) is 13.2 Å². The molecule has 182 valence electrons. The normalized spacial score (nSPS) is 22.7. The fourth-order valence-corrected chi connectivity index (χ4v) is 4.80. The molecule has 1 aromatic carbocycles. The van der Waals surface area contributed by atoms with Crippen LogP contribution in [-0.2, 0) is 4.74 Å². The van der Waals surface area contributed by atoms with Crippen LogP contribution in [0.3, 0.4) is 0 Å². The van der Waals surface area contributed by atoms with Gasteiger partial charge in [-0.15, -0.1) is 0 Å². The monoisotopic (exact) mass is 463 g/mol. The van der Waals surface area contributed by atoms with Crippen LogP contribution in [0.15, 0.2) is 48.1 Å². The number of hydrogen-bond acceptors (Lipinski definition) is 7. The Kier molecular flexibility index (Phi) is 8.29. The van der Waals surface area contributed by atoms with E-state index in [0.29, 0.717) is 11.8 Å². The number of aliphatic imine (C=N–C) groups is 1. The van der Waals surface area contributed by atoms with E-state index in [4.69, 9.17) is 9.72 Å². The Hall–Kier alpha value is -2.77. The first kappa shape index (κ1) is 24.4. The topological polar surface area (TPSA) is 91.7 Å². The number of aliphatic hydroxyl groups is 1. The molecule has 1 aliphatic heterocycles. The van der Waals surface area contributed by atoms with Gasteiger partial charge in [-0.2, -0.15) is 0 Å². The highest BCUT2D eigenvalue weighted by Crippen LogP contribution is 2.35. The molecule has 7 heteroatoms. The van der Waals surface area contributed by atoms with E-state index in [9.17, 15) is 5.11 Å². The Morgan fingerprint density at radius 2 is 1.85 bits per heavy atom. The molecule has 0 unspecified atom stereocenters. The maximum absolute atomic E-state index is 9.98. The lowest BCUT2D eigenvalue weighted by atomic mass is 9.81. The van der Waals surface area contributed by atoms with Crippen LogP contribution in [0.4, 0.5) is 5.95 Å². The number of hydrogen-bond donors (Lipinski definition) is 3. The molecule has 1 aliphatic carbocycles. The predicted molar refractivity (Wildman–Crippen MR) is 137 cm³/mol. The SMILES string of the molecule is C=C(c1nc(N[C@H](C)c2ccccc2)ncc1/C(=N\C)OC1CCNCC1)[C@H]1CC[C@H](O)CC1.